The van der Waals surface area contributed by atoms with Gasteiger partial charge < -0.3 is 10.5 Å². The number of benzene rings is 1. The summed E-state index contributed by atoms with van der Waals surface area (Å²) in [5.74, 6) is 0.646. The smallest absolute Gasteiger partial charge is 0.0502 e. The van der Waals surface area contributed by atoms with Crippen molar-refractivity contribution in [1.82, 2.24) is 4.90 Å². The SMILES string of the molecule is COCC1CCCN(C(CN)c2cc(C)ccc2C)C1. The second-order valence-corrected chi connectivity index (χ2v) is 6.07. The third-order valence-corrected chi connectivity index (χ3v) is 4.41. The molecule has 1 aromatic rings. The molecular formula is C17H28N2O. The molecule has 1 aliphatic heterocycles. The van der Waals surface area contributed by atoms with E-state index < -0.39 is 0 Å². The van der Waals surface area contributed by atoms with Crippen LogP contribution in [0.25, 0.3) is 0 Å². The van der Waals surface area contributed by atoms with Crippen LogP contribution in [0.5, 0.6) is 0 Å². The standard InChI is InChI=1S/C17H28N2O/c1-13-6-7-14(2)16(9-13)17(10-18)19-8-4-5-15(11-19)12-20-3/h6-7,9,15,17H,4-5,8,10-12,18H2,1-3H3. The zero-order valence-corrected chi connectivity index (χ0v) is 13.1. The summed E-state index contributed by atoms with van der Waals surface area (Å²) in [7, 11) is 1.80. The molecule has 112 valence electrons. The number of aryl methyl sites for hydroxylation is 2. The second kappa shape index (κ2) is 7.21. The van der Waals surface area contributed by atoms with Crippen LogP contribution in [0.15, 0.2) is 18.2 Å². The van der Waals surface area contributed by atoms with Crippen LogP contribution in [-0.2, 0) is 4.74 Å². The molecular weight excluding hydrogens is 248 g/mol. The van der Waals surface area contributed by atoms with Crippen LogP contribution in [-0.4, -0.2) is 38.3 Å². The lowest BCUT2D eigenvalue weighted by molar-refractivity contribution is 0.0695. The maximum absolute atomic E-state index is 6.10. The number of rotatable bonds is 5. The van der Waals surface area contributed by atoms with Gasteiger partial charge in [0.25, 0.3) is 0 Å². The van der Waals surface area contributed by atoms with E-state index in [1.165, 1.54) is 29.5 Å². The molecule has 1 saturated heterocycles. The van der Waals surface area contributed by atoms with Gasteiger partial charge in [-0.05, 0) is 50.3 Å². The Morgan fingerprint density at radius 1 is 1.40 bits per heavy atom. The lowest BCUT2D eigenvalue weighted by atomic mass is 9.93. The highest BCUT2D eigenvalue weighted by Gasteiger charge is 2.26. The molecule has 0 aliphatic carbocycles. The Bertz CT molecular complexity index is 431. The van der Waals surface area contributed by atoms with Gasteiger partial charge in [0.1, 0.15) is 0 Å². The number of nitrogens with zero attached hydrogens (tertiary/aromatic N) is 1. The fourth-order valence-corrected chi connectivity index (χ4v) is 3.34. The summed E-state index contributed by atoms with van der Waals surface area (Å²) in [6.07, 6.45) is 2.52. The summed E-state index contributed by atoms with van der Waals surface area (Å²) in [4.78, 5) is 2.55. The van der Waals surface area contributed by atoms with Crippen LogP contribution in [0, 0.1) is 19.8 Å². The van der Waals surface area contributed by atoms with Crippen LogP contribution < -0.4 is 5.73 Å². The minimum atomic E-state index is 0.342. The van der Waals surface area contributed by atoms with E-state index in [9.17, 15) is 0 Å². The summed E-state index contributed by atoms with van der Waals surface area (Å²) in [5, 5.41) is 0. The molecule has 0 amide bonds. The molecule has 3 heteroatoms. The minimum absolute atomic E-state index is 0.342. The molecule has 0 spiro atoms. The number of hydrogen-bond acceptors (Lipinski definition) is 3. The molecule has 1 fully saturated rings. The first-order chi connectivity index (χ1) is 9.65. The zero-order valence-electron chi connectivity index (χ0n) is 13.1. The second-order valence-electron chi connectivity index (χ2n) is 6.07. The maximum atomic E-state index is 6.10. The van der Waals surface area contributed by atoms with Crippen molar-refractivity contribution in [1.29, 1.82) is 0 Å². The van der Waals surface area contributed by atoms with Crippen LogP contribution in [0.3, 0.4) is 0 Å². The van der Waals surface area contributed by atoms with Crippen molar-refractivity contribution in [2.45, 2.75) is 32.7 Å². The van der Waals surface area contributed by atoms with Gasteiger partial charge >= 0.3 is 0 Å². The Balaban J connectivity index is 2.16. The highest BCUT2D eigenvalue weighted by molar-refractivity contribution is 5.33. The van der Waals surface area contributed by atoms with Crippen molar-refractivity contribution < 1.29 is 4.74 Å². The van der Waals surface area contributed by atoms with Gasteiger partial charge in [-0.15, -0.1) is 0 Å². The Labute approximate surface area is 123 Å². The fraction of sp³-hybridized carbons (Fsp3) is 0.647. The number of hydrogen-bond donors (Lipinski definition) is 1. The molecule has 2 rings (SSSR count). The van der Waals surface area contributed by atoms with Crippen molar-refractivity contribution in [2.75, 3.05) is 33.4 Å². The minimum Gasteiger partial charge on any atom is -0.384 e. The van der Waals surface area contributed by atoms with E-state index >= 15 is 0 Å². The Hall–Kier alpha value is -0.900. The summed E-state index contributed by atoms with van der Waals surface area (Å²) in [6.45, 7) is 8.14. The van der Waals surface area contributed by atoms with Gasteiger partial charge in [0.15, 0.2) is 0 Å². The third-order valence-electron chi connectivity index (χ3n) is 4.41. The number of likely N-dealkylation sites (tertiary alicyclic amines) is 1. The molecule has 1 aliphatic rings. The molecule has 3 nitrogen and oxygen atoms in total. The lowest BCUT2D eigenvalue weighted by Gasteiger charge is -2.38. The van der Waals surface area contributed by atoms with Gasteiger partial charge in [-0.3, -0.25) is 4.90 Å². The topological polar surface area (TPSA) is 38.5 Å². The molecule has 1 aromatic carbocycles. The molecule has 0 bridgehead atoms. The fourth-order valence-electron chi connectivity index (χ4n) is 3.34. The first-order valence-electron chi connectivity index (χ1n) is 7.66. The predicted molar refractivity (Wildman–Crippen MR) is 83.9 cm³/mol. The molecule has 0 aromatic heterocycles. The Morgan fingerprint density at radius 2 is 2.20 bits per heavy atom. The van der Waals surface area contributed by atoms with Gasteiger partial charge in [0.05, 0.1) is 6.61 Å². The van der Waals surface area contributed by atoms with Crippen LogP contribution >= 0.6 is 0 Å². The van der Waals surface area contributed by atoms with Gasteiger partial charge in [0, 0.05) is 26.2 Å². The van der Waals surface area contributed by atoms with E-state index in [2.05, 4.69) is 36.9 Å². The van der Waals surface area contributed by atoms with E-state index in [0.29, 0.717) is 18.5 Å². The first kappa shape index (κ1) is 15.5. The van der Waals surface area contributed by atoms with Crippen LogP contribution in [0.4, 0.5) is 0 Å². The molecule has 20 heavy (non-hydrogen) atoms. The van der Waals surface area contributed by atoms with E-state index in [-0.39, 0.29) is 0 Å². The molecule has 2 N–H and O–H groups in total. The monoisotopic (exact) mass is 276 g/mol. The number of nitrogens with two attached hydrogens (primary N) is 1. The third kappa shape index (κ3) is 3.60. The highest BCUT2D eigenvalue weighted by Crippen LogP contribution is 2.28. The molecule has 1 heterocycles. The lowest BCUT2D eigenvalue weighted by Crippen LogP contribution is -2.42. The van der Waals surface area contributed by atoms with Gasteiger partial charge in [-0.25, -0.2) is 0 Å². The van der Waals surface area contributed by atoms with E-state index in [1.807, 2.05) is 0 Å². The first-order valence-corrected chi connectivity index (χ1v) is 7.66. The van der Waals surface area contributed by atoms with E-state index in [0.717, 1.165) is 19.7 Å². The number of methoxy groups -OCH3 is 1. The Morgan fingerprint density at radius 3 is 2.90 bits per heavy atom. The molecule has 2 atom stereocenters. The molecule has 2 unspecified atom stereocenters. The van der Waals surface area contributed by atoms with Crippen molar-refractivity contribution in [3.63, 3.8) is 0 Å². The average molecular weight is 276 g/mol. The summed E-state index contributed by atoms with van der Waals surface area (Å²) < 4.78 is 5.33. The number of piperidine rings is 1. The van der Waals surface area contributed by atoms with Crippen LogP contribution in [0.1, 0.15) is 35.6 Å². The summed E-state index contributed by atoms with van der Waals surface area (Å²) >= 11 is 0. The van der Waals surface area contributed by atoms with Gasteiger partial charge in [-0.2, -0.15) is 0 Å². The van der Waals surface area contributed by atoms with Crippen molar-refractivity contribution in [3.8, 4) is 0 Å². The normalized spacial score (nSPS) is 21.9. The molecule has 0 radical (unpaired) electrons. The van der Waals surface area contributed by atoms with Gasteiger partial charge in [0.2, 0.25) is 0 Å². The van der Waals surface area contributed by atoms with Crippen molar-refractivity contribution in [2.24, 2.45) is 11.7 Å². The average Bonchev–Trinajstić information content (AvgIpc) is 2.44. The predicted octanol–water partition coefficient (Wildman–Crippen LogP) is 2.66. The van der Waals surface area contributed by atoms with Crippen molar-refractivity contribution >= 4 is 0 Å². The summed E-state index contributed by atoms with van der Waals surface area (Å²) in [5.41, 5.74) is 10.2. The van der Waals surface area contributed by atoms with Crippen LogP contribution in [0.2, 0.25) is 0 Å². The number of ether oxygens (including phenoxy) is 1. The van der Waals surface area contributed by atoms with E-state index in [1.54, 1.807) is 7.11 Å². The highest BCUT2D eigenvalue weighted by atomic mass is 16.5. The van der Waals surface area contributed by atoms with E-state index in [4.69, 9.17) is 10.5 Å². The largest absolute Gasteiger partial charge is 0.384 e. The summed E-state index contributed by atoms with van der Waals surface area (Å²) in [6, 6.07) is 7.03. The zero-order chi connectivity index (χ0) is 14.5. The van der Waals surface area contributed by atoms with Crippen molar-refractivity contribution in [3.05, 3.63) is 34.9 Å². The van der Waals surface area contributed by atoms with Gasteiger partial charge in [-0.1, -0.05) is 23.8 Å². The maximum Gasteiger partial charge on any atom is 0.0502 e. The Kier molecular flexibility index (Phi) is 5.58. The molecule has 0 saturated carbocycles. The quantitative estimate of drug-likeness (QED) is 0.898.